The highest BCUT2D eigenvalue weighted by atomic mass is 32.2. The Labute approximate surface area is 105 Å². The van der Waals surface area contributed by atoms with Crippen molar-refractivity contribution in [3.63, 3.8) is 0 Å². The zero-order chi connectivity index (χ0) is 13.6. The molecule has 0 fully saturated rings. The Morgan fingerprint density at radius 3 is 2.89 bits per heavy atom. The highest BCUT2D eigenvalue weighted by molar-refractivity contribution is 7.89. The number of carbonyl (C=O) groups excluding carboxylic acids is 1. The molecule has 1 aromatic heterocycles. The van der Waals surface area contributed by atoms with E-state index in [4.69, 9.17) is 4.74 Å². The molecule has 0 aromatic carbocycles. The summed E-state index contributed by atoms with van der Waals surface area (Å²) in [4.78, 5) is 11.4. The van der Waals surface area contributed by atoms with Crippen LogP contribution in [-0.2, 0) is 19.6 Å². The zero-order valence-electron chi connectivity index (χ0n) is 10.00. The van der Waals surface area contributed by atoms with E-state index in [-0.39, 0.29) is 24.7 Å². The molecule has 1 aromatic rings. The number of sulfonamides is 1. The second-order valence-electron chi connectivity index (χ2n) is 3.31. The lowest BCUT2D eigenvalue weighted by Crippen LogP contribution is -2.36. The van der Waals surface area contributed by atoms with Crippen molar-refractivity contribution in [3.05, 3.63) is 24.9 Å². The molecule has 0 saturated heterocycles. The number of carbonyl (C=O) groups is 1. The van der Waals surface area contributed by atoms with Crippen LogP contribution in [0.5, 0.6) is 0 Å². The second-order valence-corrected chi connectivity index (χ2v) is 5.22. The molecule has 0 spiro atoms. The Morgan fingerprint density at radius 1 is 1.67 bits per heavy atom. The lowest BCUT2D eigenvalue weighted by atomic mass is 10.5. The van der Waals surface area contributed by atoms with Crippen molar-refractivity contribution in [1.29, 1.82) is 0 Å². The van der Waals surface area contributed by atoms with Gasteiger partial charge in [0.05, 0.1) is 12.8 Å². The van der Waals surface area contributed by atoms with Gasteiger partial charge >= 0.3 is 5.97 Å². The second kappa shape index (κ2) is 6.31. The molecule has 1 N–H and O–H groups in total. The molecular weight excluding hydrogens is 258 g/mol. The van der Waals surface area contributed by atoms with E-state index in [1.807, 2.05) is 0 Å². The number of hydrogen-bond donors (Lipinski definition) is 1. The van der Waals surface area contributed by atoms with E-state index in [0.717, 1.165) is 4.31 Å². The van der Waals surface area contributed by atoms with Crippen LogP contribution in [0.15, 0.2) is 29.9 Å². The lowest BCUT2D eigenvalue weighted by molar-refractivity contribution is -0.143. The molecule has 0 unspecified atom stereocenters. The Balaban J connectivity index is 2.91. The largest absolute Gasteiger partial charge is 0.465 e. The maximum absolute atomic E-state index is 12.1. The molecule has 0 amide bonds. The summed E-state index contributed by atoms with van der Waals surface area (Å²) in [5.74, 6) is -0.609. The quantitative estimate of drug-likeness (QED) is 0.564. The number of nitrogens with zero attached hydrogens (tertiary/aromatic N) is 2. The molecule has 18 heavy (non-hydrogen) atoms. The molecule has 8 heteroatoms. The molecule has 0 bridgehead atoms. The number of esters is 1. The first-order valence-corrected chi connectivity index (χ1v) is 6.72. The number of hydrogen-bond acceptors (Lipinski definition) is 5. The van der Waals surface area contributed by atoms with Crippen LogP contribution in [0.4, 0.5) is 0 Å². The van der Waals surface area contributed by atoms with Crippen molar-refractivity contribution in [1.82, 2.24) is 14.5 Å². The third-order valence-corrected chi connectivity index (χ3v) is 3.78. The van der Waals surface area contributed by atoms with Crippen molar-refractivity contribution < 1.29 is 17.9 Å². The topological polar surface area (TPSA) is 92.4 Å². The minimum atomic E-state index is -3.79. The number of aromatic nitrogens is 2. The third-order valence-electron chi connectivity index (χ3n) is 2.04. The summed E-state index contributed by atoms with van der Waals surface area (Å²) >= 11 is 0. The fraction of sp³-hybridized carbons (Fsp3) is 0.400. The van der Waals surface area contributed by atoms with Gasteiger partial charge in [0.2, 0.25) is 0 Å². The number of aromatic amines is 1. The summed E-state index contributed by atoms with van der Waals surface area (Å²) in [6, 6.07) is 1.32. The maximum atomic E-state index is 12.1. The van der Waals surface area contributed by atoms with E-state index >= 15 is 0 Å². The monoisotopic (exact) mass is 273 g/mol. The van der Waals surface area contributed by atoms with Crippen LogP contribution in [0.2, 0.25) is 0 Å². The highest BCUT2D eigenvalue weighted by Gasteiger charge is 2.27. The highest BCUT2D eigenvalue weighted by Crippen LogP contribution is 2.12. The summed E-state index contributed by atoms with van der Waals surface area (Å²) in [6.45, 7) is 4.97. The van der Waals surface area contributed by atoms with Crippen LogP contribution >= 0.6 is 0 Å². The standard InChI is InChI=1S/C10H15N3O4S/c1-3-7-13(8-10(14)17-4-2)18(15,16)9-5-6-11-12-9/h3,5-6H,1,4,7-8H2,2H3,(H,11,12). The molecule has 7 nitrogen and oxygen atoms in total. The Hall–Kier alpha value is -1.67. The van der Waals surface area contributed by atoms with Gasteiger partial charge < -0.3 is 4.74 Å². The van der Waals surface area contributed by atoms with E-state index < -0.39 is 16.0 Å². The molecule has 0 atom stereocenters. The lowest BCUT2D eigenvalue weighted by Gasteiger charge is -2.18. The van der Waals surface area contributed by atoms with Gasteiger partial charge in [-0.3, -0.25) is 9.89 Å². The first-order chi connectivity index (χ1) is 8.52. The molecule has 0 radical (unpaired) electrons. The molecule has 100 valence electrons. The van der Waals surface area contributed by atoms with Crippen molar-refractivity contribution in [3.8, 4) is 0 Å². The number of rotatable bonds is 7. The molecular formula is C10H15N3O4S. The number of nitrogens with one attached hydrogen (secondary N) is 1. The molecule has 0 aliphatic heterocycles. The van der Waals surface area contributed by atoms with Crippen molar-refractivity contribution in [2.75, 3.05) is 19.7 Å². The molecule has 0 saturated carbocycles. The van der Waals surface area contributed by atoms with E-state index in [9.17, 15) is 13.2 Å². The van der Waals surface area contributed by atoms with Gasteiger partial charge in [-0.25, -0.2) is 8.42 Å². The van der Waals surface area contributed by atoms with Crippen LogP contribution in [0.3, 0.4) is 0 Å². The van der Waals surface area contributed by atoms with Crippen molar-refractivity contribution in [2.45, 2.75) is 11.9 Å². The molecule has 1 heterocycles. The van der Waals surface area contributed by atoms with E-state index in [2.05, 4.69) is 16.8 Å². The fourth-order valence-electron chi connectivity index (χ4n) is 1.27. The number of ether oxygens (including phenoxy) is 1. The minimum absolute atomic E-state index is 0.0141. The van der Waals surface area contributed by atoms with Gasteiger partial charge in [-0.1, -0.05) is 6.08 Å². The normalized spacial score (nSPS) is 11.4. The summed E-state index contributed by atoms with van der Waals surface area (Å²) in [6.07, 6.45) is 2.72. The van der Waals surface area contributed by atoms with Gasteiger partial charge in [0.1, 0.15) is 6.54 Å². The van der Waals surface area contributed by atoms with Gasteiger partial charge in [0.25, 0.3) is 10.0 Å². The van der Waals surface area contributed by atoms with Gasteiger partial charge in [-0.05, 0) is 13.0 Å². The van der Waals surface area contributed by atoms with Gasteiger partial charge in [-0.15, -0.1) is 6.58 Å². The minimum Gasteiger partial charge on any atom is -0.465 e. The predicted molar refractivity (Wildman–Crippen MR) is 64.2 cm³/mol. The average Bonchev–Trinajstić information content (AvgIpc) is 2.82. The van der Waals surface area contributed by atoms with Crippen LogP contribution < -0.4 is 0 Å². The third kappa shape index (κ3) is 3.41. The maximum Gasteiger partial charge on any atom is 0.321 e. The van der Waals surface area contributed by atoms with Crippen LogP contribution in [0, 0.1) is 0 Å². The summed E-state index contributed by atoms with van der Waals surface area (Å²) in [7, 11) is -3.79. The summed E-state index contributed by atoms with van der Waals surface area (Å²) < 4.78 is 29.9. The number of H-pyrrole nitrogens is 1. The predicted octanol–water partition coefficient (Wildman–Crippen LogP) is 0.149. The van der Waals surface area contributed by atoms with Crippen molar-refractivity contribution in [2.24, 2.45) is 0 Å². The van der Waals surface area contributed by atoms with Gasteiger partial charge in [-0.2, -0.15) is 9.40 Å². The Morgan fingerprint density at radius 2 is 2.39 bits per heavy atom. The fourth-order valence-corrected chi connectivity index (χ4v) is 2.52. The van der Waals surface area contributed by atoms with Gasteiger partial charge in [0, 0.05) is 6.54 Å². The Bertz CT molecular complexity index is 495. The first kappa shape index (κ1) is 14.4. The van der Waals surface area contributed by atoms with Crippen LogP contribution in [0.25, 0.3) is 0 Å². The molecule has 1 rings (SSSR count). The zero-order valence-corrected chi connectivity index (χ0v) is 10.8. The summed E-state index contributed by atoms with van der Waals surface area (Å²) in [5.41, 5.74) is 0. The SMILES string of the molecule is C=CCN(CC(=O)OCC)S(=O)(=O)c1ccn[nH]1. The van der Waals surface area contributed by atoms with Crippen LogP contribution in [-0.4, -0.2) is 48.6 Å². The smallest absolute Gasteiger partial charge is 0.321 e. The van der Waals surface area contributed by atoms with Crippen molar-refractivity contribution >= 4 is 16.0 Å². The molecule has 0 aliphatic rings. The van der Waals surface area contributed by atoms with E-state index in [1.54, 1.807) is 6.92 Å². The molecule has 0 aliphatic carbocycles. The Kier molecular flexibility index (Phi) is 5.05. The van der Waals surface area contributed by atoms with Gasteiger partial charge in [0.15, 0.2) is 5.03 Å². The van der Waals surface area contributed by atoms with Crippen LogP contribution in [0.1, 0.15) is 6.92 Å². The summed E-state index contributed by atoms with van der Waals surface area (Å²) in [5, 5.41) is 5.85. The van der Waals surface area contributed by atoms with E-state index in [0.29, 0.717) is 0 Å². The first-order valence-electron chi connectivity index (χ1n) is 5.28. The average molecular weight is 273 g/mol. The van der Waals surface area contributed by atoms with E-state index in [1.165, 1.54) is 18.3 Å².